The molecule has 0 amide bonds. The van der Waals surface area contributed by atoms with Crippen LogP contribution in [0.25, 0.3) is 0 Å². The monoisotopic (exact) mass is 634 g/mol. The Morgan fingerprint density at radius 3 is 1.85 bits per heavy atom. The van der Waals surface area contributed by atoms with Gasteiger partial charge in [0.05, 0.1) is 33.5 Å². The van der Waals surface area contributed by atoms with Crippen LogP contribution in [0.5, 0.6) is 5.75 Å². The van der Waals surface area contributed by atoms with Gasteiger partial charge in [-0.25, -0.2) is 0 Å². The normalized spacial score (nSPS) is 21.5. The van der Waals surface area contributed by atoms with Crippen LogP contribution in [0, 0.1) is 10.8 Å². The molecule has 2 aromatic rings. The van der Waals surface area contributed by atoms with Gasteiger partial charge in [0, 0.05) is 28.5 Å². The number of carbonyl (C=O) groups is 5. The Bertz CT molecular complexity index is 1580. The van der Waals surface area contributed by atoms with Gasteiger partial charge in [0.2, 0.25) is 0 Å². The highest BCUT2D eigenvalue weighted by molar-refractivity contribution is 6.14. The fraction of sp³-hybridized carbons (Fsp3) is 0.528. The van der Waals surface area contributed by atoms with Crippen LogP contribution in [-0.4, -0.2) is 63.2 Å². The Balaban J connectivity index is 1.79. The summed E-state index contributed by atoms with van der Waals surface area (Å²) >= 11 is 0. The molecule has 0 N–H and O–H groups in total. The van der Waals surface area contributed by atoms with E-state index >= 15 is 0 Å². The zero-order valence-electron chi connectivity index (χ0n) is 27.6. The zero-order chi connectivity index (χ0) is 33.6. The van der Waals surface area contributed by atoms with Gasteiger partial charge in [-0.2, -0.15) is 0 Å². The van der Waals surface area contributed by atoms with Crippen LogP contribution >= 0.6 is 0 Å². The maximum absolute atomic E-state index is 14.3. The number of hydrogen-bond donors (Lipinski definition) is 0. The van der Waals surface area contributed by atoms with E-state index < -0.39 is 40.1 Å². The number of ether oxygens (including phenoxy) is 5. The largest absolute Gasteiger partial charge is 0.496 e. The van der Waals surface area contributed by atoms with Gasteiger partial charge in [0.1, 0.15) is 5.75 Å². The first kappa shape index (κ1) is 33.2. The van der Waals surface area contributed by atoms with E-state index in [1.165, 1.54) is 7.11 Å². The summed E-state index contributed by atoms with van der Waals surface area (Å²) in [7, 11) is 1.50. The van der Waals surface area contributed by atoms with Gasteiger partial charge in [-0.15, -0.1) is 0 Å². The minimum Gasteiger partial charge on any atom is -0.496 e. The highest BCUT2D eigenvalue weighted by Crippen LogP contribution is 2.58. The van der Waals surface area contributed by atoms with E-state index in [0.29, 0.717) is 39.1 Å². The molecule has 10 heteroatoms. The molecule has 2 unspecified atom stereocenters. The van der Waals surface area contributed by atoms with Crippen LogP contribution in [0.2, 0.25) is 0 Å². The fourth-order valence-electron chi connectivity index (χ4n) is 8.04. The average molecular weight is 635 g/mol. The molecule has 0 heterocycles. The number of hydrogen-bond acceptors (Lipinski definition) is 10. The molecule has 0 aromatic heterocycles. The number of carbonyl (C=O) groups excluding carboxylic acids is 5. The van der Waals surface area contributed by atoms with Crippen molar-refractivity contribution in [2.45, 2.75) is 78.6 Å². The molecule has 10 nitrogen and oxygen atoms in total. The van der Waals surface area contributed by atoms with Crippen molar-refractivity contribution in [2.24, 2.45) is 10.8 Å². The molecule has 3 aliphatic carbocycles. The Kier molecular flexibility index (Phi) is 8.79. The molecule has 0 radical (unpaired) electrons. The molecule has 0 fully saturated rings. The van der Waals surface area contributed by atoms with Crippen LogP contribution in [0.3, 0.4) is 0 Å². The second kappa shape index (κ2) is 12.2. The lowest BCUT2D eigenvalue weighted by molar-refractivity contribution is -0.175. The van der Waals surface area contributed by atoms with Crippen molar-refractivity contribution < 1.29 is 47.7 Å². The summed E-state index contributed by atoms with van der Waals surface area (Å²) in [5, 5.41) is 0. The van der Waals surface area contributed by atoms with Crippen LogP contribution in [0.15, 0.2) is 24.3 Å². The molecule has 5 rings (SSSR count). The molecule has 0 bridgehead atoms. The van der Waals surface area contributed by atoms with Crippen molar-refractivity contribution in [1.29, 1.82) is 0 Å². The van der Waals surface area contributed by atoms with Gasteiger partial charge in [-0.1, -0.05) is 19.9 Å². The highest BCUT2D eigenvalue weighted by atomic mass is 16.6. The number of esters is 4. The predicted octanol–water partition coefficient (Wildman–Crippen LogP) is 4.77. The summed E-state index contributed by atoms with van der Waals surface area (Å²) in [5.41, 5.74) is -0.0580. The Hall–Kier alpha value is -4.21. The van der Waals surface area contributed by atoms with E-state index in [1.807, 2.05) is 26.0 Å². The van der Waals surface area contributed by atoms with E-state index in [4.69, 9.17) is 23.7 Å². The number of ketones is 1. The quantitative estimate of drug-likeness (QED) is 0.216. The minimum atomic E-state index is -1.72. The molecule has 246 valence electrons. The summed E-state index contributed by atoms with van der Waals surface area (Å²) in [6.07, 6.45) is 0.0850. The van der Waals surface area contributed by atoms with Crippen molar-refractivity contribution >= 4 is 29.7 Å². The summed E-state index contributed by atoms with van der Waals surface area (Å²) in [6, 6.07) is 7.14. The smallest absolute Gasteiger partial charge is 0.323 e. The number of methoxy groups -OCH3 is 1. The molecular weight excluding hydrogens is 592 g/mol. The number of rotatable bonds is 9. The molecule has 46 heavy (non-hydrogen) atoms. The first-order chi connectivity index (χ1) is 21.9. The first-order valence-corrected chi connectivity index (χ1v) is 16.0. The second-order valence-corrected chi connectivity index (χ2v) is 12.6. The van der Waals surface area contributed by atoms with Gasteiger partial charge in [0.25, 0.3) is 0 Å². The van der Waals surface area contributed by atoms with E-state index in [9.17, 15) is 24.0 Å². The molecule has 0 aliphatic heterocycles. The zero-order valence-corrected chi connectivity index (χ0v) is 27.6. The summed E-state index contributed by atoms with van der Waals surface area (Å²) < 4.78 is 27.6. The van der Waals surface area contributed by atoms with E-state index in [1.54, 1.807) is 39.8 Å². The van der Waals surface area contributed by atoms with Crippen molar-refractivity contribution in [1.82, 2.24) is 0 Å². The summed E-state index contributed by atoms with van der Waals surface area (Å²) in [4.78, 5) is 68.9. The molecule has 0 saturated heterocycles. The average Bonchev–Trinajstić information content (AvgIpc) is 3.03. The van der Waals surface area contributed by atoms with E-state index in [-0.39, 0.29) is 63.8 Å². The Morgan fingerprint density at radius 1 is 0.783 bits per heavy atom. The Labute approximate surface area is 269 Å². The van der Waals surface area contributed by atoms with Gasteiger partial charge < -0.3 is 23.7 Å². The van der Waals surface area contributed by atoms with Gasteiger partial charge in [-0.3, -0.25) is 24.0 Å². The molecule has 0 spiro atoms. The first-order valence-electron chi connectivity index (χ1n) is 16.0. The maximum atomic E-state index is 14.3. The van der Waals surface area contributed by atoms with Crippen molar-refractivity contribution in [3.05, 3.63) is 63.2 Å². The minimum absolute atomic E-state index is 0.0145. The number of benzene rings is 2. The fourth-order valence-corrected chi connectivity index (χ4v) is 8.04. The standard InChI is InChI=1S/C36H42O10/c1-8-43-30(38)35(31(39)44-9-2)16-20(5)23-15-24-26(14-21(23)17-35)34(6)19-36(32(40)45-10-3,33(41)46-11-4)18-25-27(42-7)13-12-22(28(25)34)29(24)37/h12-15,20H,8-11,16-19H2,1-7H3. The van der Waals surface area contributed by atoms with Crippen molar-refractivity contribution in [2.75, 3.05) is 33.5 Å². The van der Waals surface area contributed by atoms with Crippen molar-refractivity contribution in [3.63, 3.8) is 0 Å². The topological polar surface area (TPSA) is 132 Å². The third-order valence-corrected chi connectivity index (χ3v) is 9.88. The lowest BCUT2D eigenvalue weighted by Crippen LogP contribution is -2.53. The molecule has 0 saturated carbocycles. The van der Waals surface area contributed by atoms with Gasteiger partial charge >= 0.3 is 23.9 Å². The van der Waals surface area contributed by atoms with E-state index in [0.717, 1.165) is 5.56 Å². The summed E-state index contributed by atoms with van der Waals surface area (Å²) in [6.45, 7) is 10.9. The van der Waals surface area contributed by atoms with Gasteiger partial charge in [-0.05, 0) is 93.3 Å². The molecule has 2 aromatic carbocycles. The lowest BCUT2D eigenvalue weighted by Gasteiger charge is -2.48. The molecular formula is C36H42O10. The molecule has 2 atom stereocenters. The van der Waals surface area contributed by atoms with Crippen LogP contribution in [0.4, 0.5) is 0 Å². The van der Waals surface area contributed by atoms with Crippen LogP contribution < -0.4 is 4.74 Å². The SMILES string of the molecule is CCOC(=O)C1(C(=O)OCC)Cc2cc3c(cc2C(C)C1)C(=O)c1ccc(OC)c2c1C3(C)CC(C(=O)OCC)(C(=O)OCC)C2. The van der Waals surface area contributed by atoms with Gasteiger partial charge in [0.15, 0.2) is 16.6 Å². The van der Waals surface area contributed by atoms with Crippen molar-refractivity contribution in [3.8, 4) is 5.75 Å². The van der Waals surface area contributed by atoms with E-state index in [2.05, 4.69) is 0 Å². The third-order valence-electron chi connectivity index (χ3n) is 9.88. The second-order valence-electron chi connectivity index (χ2n) is 12.6. The lowest BCUT2D eigenvalue weighted by atomic mass is 9.53. The predicted molar refractivity (Wildman–Crippen MR) is 166 cm³/mol. The maximum Gasteiger partial charge on any atom is 0.323 e. The number of fused-ring (bicyclic) bond motifs is 3. The molecule has 3 aliphatic rings. The summed E-state index contributed by atoms with van der Waals surface area (Å²) in [5.74, 6) is -2.75. The van der Waals surface area contributed by atoms with Crippen LogP contribution in [-0.2, 0) is 56.4 Å². The highest BCUT2D eigenvalue weighted by Gasteiger charge is 2.61. The third kappa shape index (κ3) is 4.79. The Morgan fingerprint density at radius 2 is 1.33 bits per heavy atom. The van der Waals surface area contributed by atoms with Crippen LogP contribution in [0.1, 0.15) is 104 Å².